The van der Waals surface area contributed by atoms with Crippen molar-refractivity contribution in [2.45, 2.75) is 58.7 Å². The number of hydrogen-bond donors (Lipinski definition) is 1. The first-order valence-corrected chi connectivity index (χ1v) is 13.4. The molecule has 0 spiro atoms. The minimum atomic E-state index is -1.67. The fourth-order valence-electron chi connectivity index (χ4n) is 5.54. The normalized spacial score (nSPS) is 16.4. The van der Waals surface area contributed by atoms with Crippen LogP contribution in [0, 0.1) is 25.2 Å². The van der Waals surface area contributed by atoms with E-state index in [-0.39, 0.29) is 18.5 Å². The second-order valence-electron chi connectivity index (χ2n) is 11.4. The highest BCUT2D eigenvalue weighted by atomic mass is 16.6. The van der Waals surface area contributed by atoms with Crippen molar-refractivity contribution in [3.8, 4) is 6.07 Å². The Kier molecular flexibility index (Phi) is 6.92. The number of nitriles is 1. The van der Waals surface area contributed by atoms with Gasteiger partial charge in [0.15, 0.2) is 5.54 Å². The Morgan fingerprint density at radius 1 is 1.05 bits per heavy atom. The summed E-state index contributed by atoms with van der Waals surface area (Å²) >= 11 is 0. The molecule has 5 rings (SSSR count). The van der Waals surface area contributed by atoms with Crippen molar-refractivity contribution in [3.63, 3.8) is 0 Å². The van der Waals surface area contributed by atoms with Gasteiger partial charge in [-0.3, -0.25) is 4.79 Å². The van der Waals surface area contributed by atoms with Crippen LogP contribution in [0.1, 0.15) is 54.2 Å². The quantitative estimate of drug-likeness (QED) is 0.315. The maximum absolute atomic E-state index is 14.6. The summed E-state index contributed by atoms with van der Waals surface area (Å²) in [7, 11) is 0. The van der Waals surface area contributed by atoms with Gasteiger partial charge >= 0.3 is 11.7 Å². The van der Waals surface area contributed by atoms with Crippen LogP contribution < -0.4 is 15.8 Å². The van der Waals surface area contributed by atoms with E-state index in [0.29, 0.717) is 27.8 Å². The number of nitrogens with zero attached hydrogens (tertiary/aromatic N) is 2. The van der Waals surface area contributed by atoms with E-state index in [2.05, 4.69) is 5.32 Å². The molecular formula is C33H31N3O5. The summed E-state index contributed by atoms with van der Waals surface area (Å²) in [5.74, 6) is -0.400. The zero-order valence-electron chi connectivity index (χ0n) is 23.7. The van der Waals surface area contributed by atoms with E-state index in [4.69, 9.17) is 9.15 Å². The molecule has 208 valence electrons. The van der Waals surface area contributed by atoms with Crippen LogP contribution in [-0.2, 0) is 28.0 Å². The Morgan fingerprint density at radius 2 is 1.73 bits per heavy atom. The number of para-hydroxylation sites is 1. The van der Waals surface area contributed by atoms with Gasteiger partial charge in [0.05, 0.1) is 12.2 Å². The zero-order valence-corrected chi connectivity index (χ0v) is 23.7. The number of carbonyl (C=O) groups excluding carboxylic acids is 2. The van der Waals surface area contributed by atoms with E-state index in [1.54, 1.807) is 37.8 Å². The third kappa shape index (κ3) is 5.07. The van der Waals surface area contributed by atoms with Gasteiger partial charge in [0.25, 0.3) is 5.91 Å². The molecule has 3 aromatic carbocycles. The number of ether oxygens (including phenoxy) is 1. The van der Waals surface area contributed by atoms with Crippen molar-refractivity contribution in [2.24, 2.45) is 0 Å². The summed E-state index contributed by atoms with van der Waals surface area (Å²) in [5.41, 5.74) is 0.839. The zero-order chi connectivity index (χ0) is 29.5. The van der Waals surface area contributed by atoms with Crippen molar-refractivity contribution in [1.29, 1.82) is 5.26 Å². The molecule has 0 bridgehead atoms. The highest BCUT2D eigenvalue weighted by Crippen LogP contribution is 2.44. The van der Waals surface area contributed by atoms with E-state index < -0.39 is 28.8 Å². The molecule has 41 heavy (non-hydrogen) atoms. The van der Waals surface area contributed by atoms with Crippen molar-refractivity contribution in [1.82, 2.24) is 5.32 Å². The summed E-state index contributed by atoms with van der Waals surface area (Å²) in [6.07, 6.45) is -0.957. The van der Waals surface area contributed by atoms with Crippen LogP contribution in [0.25, 0.3) is 11.0 Å². The van der Waals surface area contributed by atoms with E-state index in [0.717, 1.165) is 16.7 Å². The number of benzene rings is 3. The maximum Gasteiger partial charge on any atom is 0.408 e. The molecule has 8 nitrogen and oxygen atoms in total. The van der Waals surface area contributed by atoms with Gasteiger partial charge in [0.2, 0.25) is 0 Å². The molecule has 1 atom stereocenters. The predicted molar refractivity (Wildman–Crippen MR) is 155 cm³/mol. The summed E-state index contributed by atoms with van der Waals surface area (Å²) in [6, 6.07) is 22.5. The monoisotopic (exact) mass is 549 g/mol. The van der Waals surface area contributed by atoms with Crippen LogP contribution in [0.4, 0.5) is 10.5 Å². The van der Waals surface area contributed by atoms with Crippen LogP contribution in [0.15, 0.2) is 75.9 Å². The number of rotatable bonds is 5. The first-order valence-electron chi connectivity index (χ1n) is 13.4. The van der Waals surface area contributed by atoms with Crippen LogP contribution in [0.2, 0.25) is 0 Å². The molecule has 1 aliphatic heterocycles. The number of aryl methyl sites for hydroxylation is 2. The van der Waals surface area contributed by atoms with Gasteiger partial charge in [0, 0.05) is 17.4 Å². The molecule has 4 aromatic rings. The fraction of sp³-hybridized carbons (Fsp3) is 0.273. The Hall–Kier alpha value is -4.90. The molecule has 1 aliphatic rings. The molecule has 1 N–H and O–H groups in total. The number of alkyl carbamates (subject to hydrolysis) is 1. The smallest absolute Gasteiger partial charge is 0.408 e. The van der Waals surface area contributed by atoms with Gasteiger partial charge in [-0.2, -0.15) is 5.26 Å². The van der Waals surface area contributed by atoms with Crippen molar-refractivity contribution >= 4 is 28.7 Å². The number of nitrogens with one attached hydrogen (secondary N) is 1. The third-order valence-corrected chi connectivity index (χ3v) is 7.16. The van der Waals surface area contributed by atoms with E-state index in [1.165, 1.54) is 0 Å². The Balaban J connectivity index is 1.76. The number of amides is 2. The van der Waals surface area contributed by atoms with Gasteiger partial charge < -0.3 is 19.4 Å². The lowest BCUT2D eigenvalue weighted by Crippen LogP contribution is -2.55. The van der Waals surface area contributed by atoms with Crippen LogP contribution >= 0.6 is 0 Å². The number of hydrogen-bond acceptors (Lipinski definition) is 6. The van der Waals surface area contributed by atoms with Crippen molar-refractivity contribution in [2.75, 3.05) is 4.90 Å². The van der Waals surface area contributed by atoms with Gasteiger partial charge in [-0.1, -0.05) is 54.6 Å². The average molecular weight is 550 g/mol. The first-order chi connectivity index (χ1) is 19.4. The Labute approximate surface area is 238 Å². The third-order valence-electron chi connectivity index (χ3n) is 7.16. The van der Waals surface area contributed by atoms with Crippen molar-refractivity contribution < 1.29 is 18.7 Å². The summed E-state index contributed by atoms with van der Waals surface area (Å²) < 4.78 is 11.2. The SMILES string of the molecule is Cc1cc(C)c2oc(=O)c(C#N)c(C[C@]3(NC(=O)OC(C)(C)C)C(=O)N(Cc4ccccc4)c4ccccc43)c2c1. The molecule has 1 aromatic heterocycles. The minimum Gasteiger partial charge on any atom is -0.444 e. The van der Waals surface area contributed by atoms with Crippen LogP contribution in [0.3, 0.4) is 0 Å². The molecular weight excluding hydrogens is 518 g/mol. The molecule has 0 fully saturated rings. The average Bonchev–Trinajstić information content (AvgIpc) is 3.12. The molecule has 0 aliphatic carbocycles. The van der Waals surface area contributed by atoms with E-state index >= 15 is 0 Å². The molecule has 8 heteroatoms. The molecule has 0 unspecified atom stereocenters. The Morgan fingerprint density at radius 3 is 2.41 bits per heavy atom. The standard InChI is InChI=1S/C33H31N3O5/c1-20-15-21(2)28-23(16-20)24(25(18-34)29(37)40-28)17-33(35-31(39)41-32(3,4)5)26-13-9-10-14-27(26)36(30(33)38)19-22-11-7-6-8-12-22/h6-16H,17,19H2,1-5H3,(H,35,39)/t33-/m1/s1. The number of fused-ring (bicyclic) bond motifs is 2. The second kappa shape index (κ2) is 10.3. The van der Waals surface area contributed by atoms with E-state index in [1.807, 2.05) is 74.5 Å². The topological polar surface area (TPSA) is 113 Å². The van der Waals surface area contributed by atoms with Crippen LogP contribution in [0.5, 0.6) is 0 Å². The first kappa shape index (κ1) is 27.7. The molecule has 0 saturated heterocycles. The van der Waals surface area contributed by atoms with Gasteiger partial charge in [-0.15, -0.1) is 0 Å². The lowest BCUT2D eigenvalue weighted by molar-refractivity contribution is -0.124. The summed E-state index contributed by atoms with van der Waals surface area (Å²) in [4.78, 5) is 42.7. The fourth-order valence-corrected chi connectivity index (χ4v) is 5.54. The molecule has 0 radical (unpaired) electrons. The molecule has 2 heterocycles. The van der Waals surface area contributed by atoms with Crippen molar-refractivity contribution in [3.05, 3.63) is 111 Å². The van der Waals surface area contributed by atoms with Crippen LogP contribution in [-0.4, -0.2) is 17.6 Å². The predicted octanol–water partition coefficient (Wildman–Crippen LogP) is 5.79. The van der Waals surface area contributed by atoms with Gasteiger partial charge in [-0.25, -0.2) is 9.59 Å². The lowest BCUT2D eigenvalue weighted by Gasteiger charge is -2.32. The minimum absolute atomic E-state index is 0.165. The Bertz CT molecular complexity index is 1780. The largest absolute Gasteiger partial charge is 0.444 e. The highest BCUT2D eigenvalue weighted by Gasteiger charge is 2.53. The lowest BCUT2D eigenvalue weighted by atomic mass is 9.82. The highest BCUT2D eigenvalue weighted by molar-refractivity contribution is 6.09. The van der Waals surface area contributed by atoms with Gasteiger partial charge in [0.1, 0.15) is 22.8 Å². The number of carbonyl (C=O) groups is 2. The van der Waals surface area contributed by atoms with E-state index in [9.17, 15) is 19.6 Å². The maximum atomic E-state index is 14.6. The summed E-state index contributed by atoms with van der Waals surface area (Å²) in [6.45, 7) is 9.19. The molecule has 0 saturated carbocycles. The summed E-state index contributed by atoms with van der Waals surface area (Å²) in [5, 5.41) is 13.5. The van der Waals surface area contributed by atoms with Gasteiger partial charge in [-0.05, 0) is 69.0 Å². The second-order valence-corrected chi connectivity index (χ2v) is 11.4. The molecule has 2 amide bonds. The number of anilines is 1.